The number of carbonyl (C=O) groups is 1. The van der Waals surface area contributed by atoms with Crippen molar-refractivity contribution in [2.24, 2.45) is 5.41 Å². The van der Waals surface area contributed by atoms with Gasteiger partial charge in [-0.1, -0.05) is 53.4 Å². The average molecular weight is 253 g/mol. The lowest BCUT2D eigenvalue weighted by atomic mass is 9.86. The molecule has 0 aromatic rings. The highest BCUT2D eigenvalue weighted by Crippen LogP contribution is 2.29. The fourth-order valence-corrected chi connectivity index (χ4v) is 2.71. The highest BCUT2D eigenvalue weighted by molar-refractivity contribution is 5.82. The number of nitrogens with zero attached hydrogens (tertiary/aromatic N) is 1. The molecule has 18 heavy (non-hydrogen) atoms. The molecule has 2 nitrogen and oxygen atoms in total. The Morgan fingerprint density at radius 2 is 1.78 bits per heavy atom. The van der Waals surface area contributed by atoms with Gasteiger partial charge in [0.15, 0.2) is 0 Å². The van der Waals surface area contributed by atoms with Crippen LogP contribution in [-0.2, 0) is 4.79 Å². The number of unbranched alkanes of at least 4 members (excludes halogenated alkanes) is 1. The molecule has 0 saturated heterocycles. The molecular weight excluding hydrogens is 222 g/mol. The van der Waals surface area contributed by atoms with Crippen molar-refractivity contribution in [2.75, 3.05) is 6.54 Å². The third-order valence-electron chi connectivity index (χ3n) is 4.49. The Morgan fingerprint density at radius 1 is 1.17 bits per heavy atom. The lowest BCUT2D eigenvalue weighted by Crippen LogP contribution is -2.47. The molecule has 1 rings (SSSR count). The summed E-state index contributed by atoms with van der Waals surface area (Å²) >= 11 is 0. The van der Waals surface area contributed by atoms with Crippen LogP contribution in [0.15, 0.2) is 0 Å². The van der Waals surface area contributed by atoms with E-state index in [4.69, 9.17) is 0 Å². The molecule has 106 valence electrons. The maximum Gasteiger partial charge on any atom is 0.228 e. The molecule has 1 aliphatic rings. The first kappa shape index (κ1) is 15.5. The van der Waals surface area contributed by atoms with Crippen LogP contribution in [0.4, 0.5) is 0 Å². The second-order valence-electron chi connectivity index (χ2n) is 6.38. The Kier molecular flexibility index (Phi) is 6.17. The number of hydrogen-bond acceptors (Lipinski definition) is 1. The van der Waals surface area contributed by atoms with Gasteiger partial charge in [-0.15, -0.1) is 0 Å². The molecule has 0 aliphatic heterocycles. The highest BCUT2D eigenvalue weighted by Gasteiger charge is 2.34. The summed E-state index contributed by atoms with van der Waals surface area (Å²) < 4.78 is 0. The summed E-state index contributed by atoms with van der Waals surface area (Å²) in [5, 5.41) is 0. The van der Waals surface area contributed by atoms with E-state index in [0.29, 0.717) is 11.9 Å². The standard InChI is InChI=1S/C16H31NO/c1-5-7-13-17(14-11-9-8-10-12-14)15(18)16(3,4)6-2/h14H,5-13H2,1-4H3. The van der Waals surface area contributed by atoms with Gasteiger partial charge >= 0.3 is 0 Å². The van der Waals surface area contributed by atoms with Gasteiger partial charge in [0.2, 0.25) is 5.91 Å². The molecule has 1 amide bonds. The van der Waals surface area contributed by atoms with Gasteiger partial charge in [0.05, 0.1) is 0 Å². The van der Waals surface area contributed by atoms with Gasteiger partial charge in [-0.2, -0.15) is 0 Å². The third-order valence-corrected chi connectivity index (χ3v) is 4.49. The van der Waals surface area contributed by atoms with E-state index in [2.05, 4.69) is 32.6 Å². The summed E-state index contributed by atoms with van der Waals surface area (Å²) in [6.45, 7) is 9.48. The highest BCUT2D eigenvalue weighted by atomic mass is 16.2. The second-order valence-corrected chi connectivity index (χ2v) is 6.38. The largest absolute Gasteiger partial charge is 0.339 e. The molecule has 0 N–H and O–H groups in total. The fraction of sp³-hybridized carbons (Fsp3) is 0.938. The monoisotopic (exact) mass is 253 g/mol. The fourth-order valence-electron chi connectivity index (χ4n) is 2.71. The van der Waals surface area contributed by atoms with Crippen molar-refractivity contribution < 1.29 is 4.79 Å². The predicted molar refractivity (Wildman–Crippen MR) is 77.6 cm³/mol. The van der Waals surface area contributed by atoms with Crippen molar-refractivity contribution in [3.63, 3.8) is 0 Å². The molecular formula is C16H31NO. The topological polar surface area (TPSA) is 20.3 Å². The van der Waals surface area contributed by atoms with Crippen molar-refractivity contribution in [3.8, 4) is 0 Å². The number of carbonyl (C=O) groups excluding carboxylic acids is 1. The Labute approximate surface area is 113 Å². The van der Waals surface area contributed by atoms with E-state index in [9.17, 15) is 4.79 Å². The van der Waals surface area contributed by atoms with E-state index >= 15 is 0 Å². The van der Waals surface area contributed by atoms with Crippen molar-refractivity contribution in [2.45, 2.75) is 85.1 Å². The molecule has 0 bridgehead atoms. The van der Waals surface area contributed by atoms with Crippen LogP contribution in [0.1, 0.15) is 79.1 Å². The summed E-state index contributed by atoms with van der Waals surface area (Å²) in [5.74, 6) is 0.380. The second kappa shape index (κ2) is 7.16. The lowest BCUT2D eigenvalue weighted by molar-refractivity contribution is -0.143. The summed E-state index contributed by atoms with van der Waals surface area (Å²) in [6, 6.07) is 0.517. The summed E-state index contributed by atoms with van der Waals surface area (Å²) in [6.07, 6.45) is 9.63. The quantitative estimate of drug-likeness (QED) is 0.687. The number of amides is 1. The maximum atomic E-state index is 12.7. The predicted octanol–water partition coefficient (Wildman–Crippen LogP) is 4.38. The maximum absolute atomic E-state index is 12.7. The number of hydrogen-bond donors (Lipinski definition) is 0. The van der Waals surface area contributed by atoms with Crippen molar-refractivity contribution in [1.82, 2.24) is 4.90 Å². The van der Waals surface area contributed by atoms with E-state index in [0.717, 1.165) is 19.4 Å². The van der Waals surface area contributed by atoms with E-state index < -0.39 is 0 Å². The van der Waals surface area contributed by atoms with Gasteiger partial charge in [-0.25, -0.2) is 0 Å². The molecule has 1 fully saturated rings. The van der Waals surface area contributed by atoms with Crippen LogP contribution >= 0.6 is 0 Å². The van der Waals surface area contributed by atoms with Crippen molar-refractivity contribution in [3.05, 3.63) is 0 Å². The minimum Gasteiger partial charge on any atom is -0.339 e. The van der Waals surface area contributed by atoms with E-state index in [1.54, 1.807) is 0 Å². The smallest absolute Gasteiger partial charge is 0.228 e. The minimum atomic E-state index is -0.189. The van der Waals surface area contributed by atoms with Crippen LogP contribution in [0.25, 0.3) is 0 Å². The van der Waals surface area contributed by atoms with Gasteiger partial charge in [-0.05, 0) is 25.7 Å². The van der Waals surface area contributed by atoms with Crippen LogP contribution in [0, 0.1) is 5.41 Å². The normalized spacial score (nSPS) is 17.8. The van der Waals surface area contributed by atoms with Gasteiger partial charge in [0.1, 0.15) is 0 Å². The first-order valence-electron chi connectivity index (χ1n) is 7.84. The van der Waals surface area contributed by atoms with Gasteiger partial charge in [-0.3, -0.25) is 4.79 Å². The Hall–Kier alpha value is -0.530. The average Bonchev–Trinajstić information content (AvgIpc) is 2.40. The molecule has 2 heteroatoms. The minimum absolute atomic E-state index is 0.189. The Balaban J connectivity index is 2.72. The third kappa shape index (κ3) is 4.00. The van der Waals surface area contributed by atoms with Crippen LogP contribution in [0.2, 0.25) is 0 Å². The van der Waals surface area contributed by atoms with Crippen LogP contribution in [0.3, 0.4) is 0 Å². The Morgan fingerprint density at radius 3 is 2.28 bits per heavy atom. The van der Waals surface area contributed by atoms with Gasteiger partial charge in [0.25, 0.3) is 0 Å². The molecule has 0 atom stereocenters. The zero-order valence-corrected chi connectivity index (χ0v) is 12.8. The molecule has 1 saturated carbocycles. The molecule has 0 unspecified atom stereocenters. The first-order chi connectivity index (χ1) is 8.53. The summed E-state index contributed by atoms with van der Waals surface area (Å²) in [7, 11) is 0. The molecule has 0 aromatic carbocycles. The van der Waals surface area contributed by atoms with Crippen LogP contribution < -0.4 is 0 Å². The Bertz CT molecular complexity index is 254. The van der Waals surface area contributed by atoms with E-state index in [1.807, 2.05) is 0 Å². The van der Waals surface area contributed by atoms with Crippen molar-refractivity contribution >= 4 is 5.91 Å². The number of rotatable bonds is 6. The van der Waals surface area contributed by atoms with Gasteiger partial charge in [0, 0.05) is 18.0 Å². The molecule has 0 spiro atoms. The lowest BCUT2D eigenvalue weighted by Gasteiger charge is -2.39. The molecule has 0 heterocycles. The zero-order valence-electron chi connectivity index (χ0n) is 12.8. The molecule has 0 radical (unpaired) electrons. The van der Waals surface area contributed by atoms with Crippen LogP contribution in [-0.4, -0.2) is 23.4 Å². The van der Waals surface area contributed by atoms with Crippen molar-refractivity contribution in [1.29, 1.82) is 0 Å². The van der Waals surface area contributed by atoms with E-state index in [-0.39, 0.29) is 5.41 Å². The summed E-state index contributed by atoms with van der Waals surface area (Å²) in [5.41, 5.74) is -0.189. The van der Waals surface area contributed by atoms with Crippen LogP contribution in [0.5, 0.6) is 0 Å². The molecule has 0 aromatic heterocycles. The SMILES string of the molecule is CCCCN(C(=O)C(C)(C)CC)C1CCCCC1. The summed E-state index contributed by atoms with van der Waals surface area (Å²) in [4.78, 5) is 14.9. The zero-order chi connectivity index (χ0) is 13.6. The van der Waals surface area contributed by atoms with E-state index in [1.165, 1.54) is 38.5 Å². The first-order valence-corrected chi connectivity index (χ1v) is 7.84. The van der Waals surface area contributed by atoms with Gasteiger partial charge < -0.3 is 4.90 Å². The molecule has 1 aliphatic carbocycles.